The number of hydrogen-bond donors (Lipinski definition) is 1. The largest absolute Gasteiger partial charge is 0.504 e. The second kappa shape index (κ2) is 3.67. The molecule has 4 nitrogen and oxygen atoms in total. The van der Waals surface area contributed by atoms with Crippen LogP contribution in [0.15, 0.2) is 12.1 Å². The Hall–Kier alpha value is -1.55. The summed E-state index contributed by atoms with van der Waals surface area (Å²) in [7, 11) is 2.20. The van der Waals surface area contributed by atoms with Crippen molar-refractivity contribution in [3.05, 3.63) is 23.3 Å². The average Bonchev–Trinajstić information content (AvgIpc) is 2.78. The maximum Gasteiger partial charge on any atom is 0.177 e. The molecule has 4 heteroatoms. The molecule has 0 aromatic heterocycles. The summed E-state index contributed by atoms with van der Waals surface area (Å²) in [6, 6.07) is 4.24. The maximum absolute atomic E-state index is 12.8. The lowest BCUT2D eigenvalue weighted by Gasteiger charge is -2.60. The number of rotatable bonds is 0. The van der Waals surface area contributed by atoms with Crippen LogP contribution in [-0.2, 0) is 16.6 Å². The van der Waals surface area contributed by atoms with E-state index in [0.29, 0.717) is 24.1 Å². The highest BCUT2D eigenvalue weighted by Crippen LogP contribution is 2.66. The number of likely N-dealkylation sites (tertiary alicyclic amines) is 1. The third kappa shape index (κ3) is 1.13. The third-order valence-corrected chi connectivity index (χ3v) is 6.99. The number of benzene rings is 1. The number of piperidine rings is 1. The highest BCUT2D eigenvalue weighted by Gasteiger charge is 2.71. The van der Waals surface area contributed by atoms with Crippen molar-refractivity contribution in [1.82, 2.24) is 4.90 Å². The van der Waals surface area contributed by atoms with Gasteiger partial charge in [-0.05, 0) is 57.3 Å². The second-order valence-electron chi connectivity index (χ2n) is 7.63. The Morgan fingerprint density at radius 3 is 3.05 bits per heavy atom. The average molecular weight is 299 g/mol. The summed E-state index contributed by atoms with van der Waals surface area (Å²) in [6.07, 6.45) is 3.48. The van der Waals surface area contributed by atoms with E-state index in [0.717, 1.165) is 31.4 Å². The Bertz CT molecular complexity index is 715. The molecule has 22 heavy (non-hydrogen) atoms. The molecule has 2 fully saturated rings. The van der Waals surface area contributed by atoms with Gasteiger partial charge in [-0.25, -0.2) is 0 Å². The molecule has 1 aromatic rings. The first-order valence-electron chi connectivity index (χ1n) is 8.27. The third-order valence-electron chi connectivity index (χ3n) is 6.99. The number of ether oxygens (including phenoxy) is 1. The van der Waals surface area contributed by atoms with Gasteiger partial charge in [-0.1, -0.05) is 6.07 Å². The molecule has 1 saturated carbocycles. The second-order valence-corrected chi connectivity index (χ2v) is 7.63. The van der Waals surface area contributed by atoms with Gasteiger partial charge in [0.2, 0.25) is 0 Å². The minimum Gasteiger partial charge on any atom is -0.504 e. The summed E-state index contributed by atoms with van der Waals surface area (Å²) in [5.74, 6) is 1.43. The zero-order chi connectivity index (χ0) is 15.3. The molecule has 1 N–H and O–H groups in total. The van der Waals surface area contributed by atoms with Crippen LogP contribution in [0, 0.1) is 5.92 Å². The fourth-order valence-corrected chi connectivity index (χ4v) is 5.94. The molecule has 1 aromatic carbocycles. The first-order valence-corrected chi connectivity index (χ1v) is 8.27. The Morgan fingerprint density at radius 1 is 1.41 bits per heavy atom. The van der Waals surface area contributed by atoms with Crippen LogP contribution < -0.4 is 4.74 Å². The van der Waals surface area contributed by atoms with E-state index >= 15 is 0 Å². The van der Waals surface area contributed by atoms with Crippen LogP contribution in [0.25, 0.3) is 0 Å². The van der Waals surface area contributed by atoms with Crippen LogP contribution in [0.3, 0.4) is 0 Å². The summed E-state index contributed by atoms with van der Waals surface area (Å²) >= 11 is 0. The highest BCUT2D eigenvalue weighted by atomic mass is 16.5. The molecule has 0 radical (unpaired) electrons. The van der Waals surface area contributed by atoms with Crippen molar-refractivity contribution in [1.29, 1.82) is 0 Å². The lowest BCUT2D eigenvalue weighted by molar-refractivity contribution is -0.153. The first-order chi connectivity index (χ1) is 10.5. The number of hydrogen-bond acceptors (Lipinski definition) is 4. The number of phenolic OH excluding ortho intramolecular Hbond substituents is 1. The summed E-state index contributed by atoms with van der Waals surface area (Å²) in [5, 5.41) is 10.3. The molecule has 1 spiro atoms. The van der Waals surface area contributed by atoms with Crippen LogP contribution >= 0.6 is 0 Å². The number of aromatic hydroxyl groups is 1. The summed E-state index contributed by atoms with van der Waals surface area (Å²) < 4.78 is 6.23. The molecule has 0 amide bonds. The van der Waals surface area contributed by atoms with E-state index in [1.165, 1.54) is 5.56 Å². The molecule has 1 saturated heterocycles. The fourth-order valence-electron chi connectivity index (χ4n) is 5.94. The zero-order valence-corrected chi connectivity index (χ0v) is 13.1. The van der Waals surface area contributed by atoms with E-state index in [2.05, 4.69) is 11.9 Å². The van der Waals surface area contributed by atoms with Crippen LogP contribution in [0.5, 0.6) is 11.5 Å². The van der Waals surface area contributed by atoms with E-state index in [4.69, 9.17) is 4.74 Å². The lowest BCUT2D eigenvalue weighted by atomic mass is 9.47. The smallest absolute Gasteiger partial charge is 0.177 e. The number of Topliss-reactive ketones (excluding diaryl/α,β-unsaturated/α-hetero) is 1. The molecule has 2 aliphatic carbocycles. The molecule has 116 valence electrons. The Kier molecular flexibility index (Phi) is 2.16. The van der Waals surface area contributed by atoms with Crippen LogP contribution in [0.4, 0.5) is 0 Å². The Balaban J connectivity index is 1.87. The molecular formula is C18H21NO3. The molecule has 1 unspecified atom stereocenters. The molecular weight excluding hydrogens is 278 g/mol. The maximum atomic E-state index is 12.8. The van der Waals surface area contributed by atoms with Gasteiger partial charge < -0.3 is 14.7 Å². The lowest BCUT2D eigenvalue weighted by Crippen LogP contribution is -2.70. The number of nitrogens with zero attached hydrogens (tertiary/aromatic N) is 1. The number of ketones is 1. The van der Waals surface area contributed by atoms with Gasteiger partial charge in [-0.15, -0.1) is 0 Å². The van der Waals surface area contributed by atoms with E-state index < -0.39 is 5.60 Å². The van der Waals surface area contributed by atoms with Gasteiger partial charge in [0.25, 0.3) is 0 Å². The van der Waals surface area contributed by atoms with Crippen molar-refractivity contribution < 1.29 is 14.6 Å². The van der Waals surface area contributed by atoms with E-state index in [-0.39, 0.29) is 16.9 Å². The van der Waals surface area contributed by atoms with Crippen molar-refractivity contribution in [2.24, 2.45) is 5.92 Å². The minimum absolute atomic E-state index is 0.188. The highest BCUT2D eigenvalue weighted by molar-refractivity contribution is 5.93. The Labute approximate surface area is 130 Å². The SMILES string of the molecule is CN1CC[C@]23c4c5ccc(O)c4OC2(C)C(=O)CC[C@H]3[C@H]1C5. The van der Waals surface area contributed by atoms with Crippen LogP contribution in [0.1, 0.15) is 37.3 Å². The molecule has 2 aliphatic heterocycles. The van der Waals surface area contributed by atoms with Gasteiger partial charge in [0, 0.05) is 18.0 Å². The van der Waals surface area contributed by atoms with Crippen molar-refractivity contribution >= 4 is 5.78 Å². The Morgan fingerprint density at radius 2 is 2.23 bits per heavy atom. The fraction of sp³-hybridized carbons (Fsp3) is 0.611. The van der Waals surface area contributed by atoms with Crippen molar-refractivity contribution in [2.75, 3.05) is 13.6 Å². The van der Waals surface area contributed by atoms with Gasteiger partial charge >= 0.3 is 0 Å². The molecule has 5 rings (SSSR count). The van der Waals surface area contributed by atoms with Crippen molar-refractivity contribution in [3.8, 4) is 11.5 Å². The molecule has 4 aliphatic rings. The van der Waals surface area contributed by atoms with Gasteiger partial charge in [-0.2, -0.15) is 0 Å². The zero-order valence-electron chi connectivity index (χ0n) is 13.1. The predicted octanol–water partition coefficient (Wildman–Crippen LogP) is 2.02. The van der Waals surface area contributed by atoms with Crippen molar-refractivity contribution in [2.45, 2.75) is 49.7 Å². The van der Waals surface area contributed by atoms with E-state index in [1.807, 2.05) is 13.0 Å². The quantitative estimate of drug-likeness (QED) is 0.796. The number of carbonyl (C=O) groups excluding carboxylic acids is 1. The van der Waals surface area contributed by atoms with Gasteiger partial charge in [0.05, 0.1) is 5.41 Å². The topological polar surface area (TPSA) is 49.8 Å². The van der Waals surface area contributed by atoms with Gasteiger partial charge in [-0.3, -0.25) is 4.79 Å². The standard InChI is InChI=1S/C18H21NO3/c1-17-14(21)6-4-11-12-9-10-3-5-13(20)16(22-17)15(10)18(11,17)7-8-19(12)2/h3,5,11-12,20H,4,6-9H2,1-2H3/t11-,12+,17?,18-/m0/s1. The summed E-state index contributed by atoms with van der Waals surface area (Å²) in [5.41, 5.74) is 1.38. The van der Waals surface area contributed by atoms with Crippen LogP contribution in [0.2, 0.25) is 0 Å². The van der Waals surface area contributed by atoms with E-state index in [1.54, 1.807) is 6.07 Å². The first kappa shape index (κ1) is 12.9. The number of phenols is 1. The number of likely N-dealkylation sites (N-methyl/N-ethyl adjacent to an activating group) is 1. The van der Waals surface area contributed by atoms with Crippen molar-refractivity contribution in [3.63, 3.8) is 0 Å². The van der Waals surface area contributed by atoms with Gasteiger partial charge in [0.15, 0.2) is 22.9 Å². The van der Waals surface area contributed by atoms with Gasteiger partial charge in [0.1, 0.15) is 0 Å². The normalized spacial score (nSPS) is 42.0. The molecule has 2 bridgehead atoms. The van der Waals surface area contributed by atoms with E-state index in [9.17, 15) is 9.90 Å². The van der Waals surface area contributed by atoms with Crippen LogP contribution in [-0.4, -0.2) is 41.0 Å². The summed E-state index contributed by atoms with van der Waals surface area (Å²) in [4.78, 5) is 15.3. The summed E-state index contributed by atoms with van der Waals surface area (Å²) in [6.45, 7) is 2.96. The minimum atomic E-state index is -0.800. The molecule has 4 atom stereocenters. The molecule has 2 heterocycles. The monoisotopic (exact) mass is 299 g/mol. The number of carbonyl (C=O) groups is 1. The predicted molar refractivity (Wildman–Crippen MR) is 81.3 cm³/mol.